The summed E-state index contributed by atoms with van der Waals surface area (Å²) >= 11 is 0. The molecule has 332 valence electrons. The van der Waals surface area contributed by atoms with Crippen molar-refractivity contribution >= 4 is 112 Å². The third-order valence-electron chi connectivity index (χ3n) is 17.7. The summed E-state index contributed by atoms with van der Waals surface area (Å²) in [6, 6.07) is 70.3. The van der Waals surface area contributed by atoms with Crippen molar-refractivity contribution in [1.29, 1.82) is 0 Å². The number of hydrogen-bond acceptors (Lipinski definition) is 0. The molecule has 0 spiro atoms. The van der Waals surface area contributed by atoms with Crippen molar-refractivity contribution in [2.45, 2.75) is 27.7 Å². The molecule has 4 aliphatic rings. The Morgan fingerprint density at radius 2 is 0.722 bits per heavy atom. The van der Waals surface area contributed by atoms with E-state index < -0.39 is 0 Å². The summed E-state index contributed by atoms with van der Waals surface area (Å²) in [6.07, 6.45) is 0. The molecule has 72 heavy (non-hydrogen) atoms. The molecule has 0 saturated carbocycles. The van der Waals surface area contributed by atoms with E-state index in [1.54, 1.807) is 0 Å². The highest BCUT2D eigenvalue weighted by molar-refractivity contribution is 6.92. The molecule has 8 heterocycles. The average molecular weight is 913 g/mol. The molecule has 4 aliphatic heterocycles. The molecule has 0 aliphatic carbocycles. The van der Waals surface area contributed by atoms with Crippen LogP contribution in [0.15, 0.2) is 182 Å². The van der Waals surface area contributed by atoms with Crippen molar-refractivity contribution in [3.8, 4) is 55.9 Å². The van der Waals surface area contributed by atoms with Crippen LogP contribution >= 0.6 is 0 Å². The predicted octanol–water partition coefficient (Wildman–Crippen LogP) is 13.4. The van der Waals surface area contributed by atoms with Gasteiger partial charge in [-0.15, -0.1) is 0 Å². The van der Waals surface area contributed by atoms with Crippen LogP contribution < -0.4 is 21.9 Å². The monoisotopic (exact) mass is 912 g/mol. The Labute approximate surface area is 415 Å². The molecular weight excluding hydrogens is 870 g/mol. The zero-order valence-corrected chi connectivity index (χ0v) is 40.3. The van der Waals surface area contributed by atoms with Crippen LogP contribution in [0.1, 0.15) is 22.3 Å². The summed E-state index contributed by atoms with van der Waals surface area (Å²) in [5.74, 6) is 0. The Kier molecular flexibility index (Phi) is 6.76. The lowest BCUT2D eigenvalue weighted by Crippen LogP contribution is -2.55. The van der Waals surface area contributed by atoms with Crippen molar-refractivity contribution in [2.75, 3.05) is 0 Å². The Hall–Kier alpha value is -8.73. The van der Waals surface area contributed by atoms with Gasteiger partial charge in [-0.1, -0.05) is 157 Å². The molecular formula is C66H42B2N4. The third kappa shape index (κ3) is 4.23. The second kappa shape index (κ2) is 12.8. The highest BCUT2D eigenvalue weighted by Gasteiger charge is 2.47. The maximum Gasteiger partial charge on any atom is 0.333 e. The number of rotatable bonds is 2. The highest BCUT2D eigenvalue weighted by Crippen LogP contribution is 2.52. The summed E-state index contributed by atoms with van der Waals surface area (Å²) in [5, 5.41) is 7.89. The van der Waals surface area contributed by atoms with E-state index >= 15 is 0 Å². The maximum absolute atomic E-state index is 2.81. The number of aryl methyl sites for hydroxylation is 4. The Bertz CT molecular complexity index is 4630. The smallest absolute Gasteiger partial charge is 0.333 e. The fourth-order valence-electron chi connectivity index (χ4n) is 15.0. The van der Waals surface area contributed by atoms with Crippen LogP contribution in [-0.4, -0.2) is 31.8 Å². The Balaban J connectivity index is 1.05. The molecule has 0 fully saturated rings. The topological polar surface area (TPSA) is 19.7 Å². The van der Waals surface area contributed by atoms with E-state index in [0.29, 0.717) is 0 Å². The van der Waals surface area contributed by atoms with Crippen molar-refractivity contribution in [2.24, 2.45) is 0 Å². The first-order valence-corrected chi connectivity index (χ1v) is 25.6. The SMILES string of the molecule is Cc1ccc(C)c(-c2cc3c4c5c2c2ccccc2n5-c2ccccc2B4n2c4c-3cccc4c3c2c2cccc4c2n3B2c3ccccc3-n3c5ccccc5c5c(-c6cc(C)ccc6C)cc-4c2c53)c1. The summed E-state index contributed by atoms with van der Waals surface area (Å²) in [4.78, 5) is 0. The van der Waals surface area contributed by atoms with Gasteiger partial charge in [0.2, 0.25) is 0 Å². The molecule has 0 amide bonds. The predicted molar refractivity (Wildman–Crippen MR) is 305 cm³/mol. The van der Waals surface area contributed by atoms with E-state index in [1.807, 2.05) is 0 Å². The molecule has 0 atom stereocenters. The molecule has 0 saturated heterocycles. The number of fused-ring (bicyclic) bond motifs is 21. The molecule has 0 unspecified atom stereocenters. The Morgan fingerprint density at radius 3 is 1.19 bits per heavy atom. The molecule has 18 rings (SSSR count). The number of para-hydroxylation sites is 6. The van der Waals surface area contributed by atoms with Crippen molar-refractivity contribution in [3.63, 3.8) is 0 Å². The second-order valence-electron chi connectivity index (χ2n) is 21.3. The van der Waals surface area contributed by atoms with E-state index in [-0.39, 0.29) is 13.7 Å². The summed E-state index contributed by atoms with van der Waals surface area (Å²) in [6.45, 7) is 8.90. The summed E-state index contributed by atoms with van der Waals surface area (Å²) < 4.78 is 10.8. The van der Waals surface area contributed by atoms with Gasteiger partial charge in [0.1, 0.15) is 0 Å². The van der Waals surface area contributed by atoms with Gasteiger partial charge in [-0.2, -0.15) is 0 Å². The van der Waals surface area contributed by atoms with Crippen LogP contribution in [0.4, 0.5) is 0 Å². The van der Waals surface area contributed by atoms with Gasteiger partial charge in [0.05, 0.1) is 33.1 Å². The highest BCUT2D eigenvalue weighted by atomic mass is 15.1. The normalized spacial score (nSPS) is 13.5. The molecule has 0 N–H and O–H groups in total. The van der Waals surface area contributed by atoms with Crippen LogP contribution in [-0.2, 0) is 0 Å². The zero-order chi connectivity index (χ0) is 47.2. The van der Waals surface area contributed by atoms with Gasteiger partial charge in [0.25, 0.3) is 0 Å². The van der Waals surface area contributed by atoms with Gasteiger partial charge in [0.15, 0.2) is 0 Å². The van der Waals surface area contributed by atoms with Gasteiger partial charge in [-0.3, -0.25) is 0 Å². The fourth-order valence-corrected chi connectivity index (χ4v) is 15.0. The summed E-state index contributed by atoms with van der Waals surface area (Å²) in [5.41, 5.74) is 34.1. The van der Waals surface area contributed by atoms with E-state index in [2.05, 4.69) is 228 Å². The average Bonchev–Trinajstić information content (AvgIpc) is 4.16. The van der Waals surface area contributed by atoms with Gasteiger partial charge in [-0.05, 0) is 130 Å². The molecule has 0 bridgehead atoms. The minimum Gasteiger partial charge on any atom is -0.374 e. The molecule has 0 radical (unpaired) electrons. The lowest BCUT2D eigenvalue weighted by molar-refractivity contribution is 1.18. The van der Waals surface area contributed by atoms with Crippen LogP contribution in [0.3, 0.4) is 0 Å². The van der Waals surface area contributed by atoms with Crippen LogP contribution in [0.5, 0.6) is 0 Å². The molecule has 6 heteroatoms. The van der Waals surface area contributed by atoms with E-state index in [9.17, 15) is 0 Å². The molecule has 4 aromatic heterocycles. The molecule has 10 aromatic carbocycles. The van der Waals surface area contributed by atoms with Crippen LogP contribution in [0.2, 0.25) is 0 Å². The number of benzene rings is 10. The number of aromatic nitrogens is 4. The van der Waals surface area contributed by atoms with Gasteiger partial charge in [0, 0.05) is 65.9 Å². The maximum atomic E-state index is 2.81. The first-order chi connectivity index (χ1) is 35.4. The third-order valence-corrected chi connectivity index (χ3v) is 17.7. The van der Waals surface area contributed by atoms with Gasteiger partial charge >= 0.3 is 13.7 Å². The fraction of sp³-hybridized carbons (Fsp3) is 0.0606. The van der Waals surface area contributed by atoms with Crippen molar-refractivity contribution < 1.29 is 0 Å². The van der Waals surface area contributed by atoms with E-state index in [1.165, 1.54) is 176 Å². The van der Waals surface area contributed by atoms with Gasteiger partial charge in [-0.25, -0.2) is 0 Å². The second-order valence-corrected chi connectivity index (χ2v) is 21.3. The van der Waals surface area contributed by atoms with Crippen molar-refractivity contribution in [3.05, 3.63) is 204 Å². The first kappa shape index (κ1) is 38.1. The van der Waals surface area contributed by atoms with E-state index in [4.69, 9.17) is 0 Å². The van der Waals surface area contributed by atoms with Crippen LogP contribution in [0.25, 0.3) is 132 Å². The molecule has 14 aromatic rings. The lowest BCUT2D eigenvalue weighted by atomic mass is 9.45. The van der Waals surface area contributed by atoms with Gasteiger partial charge < -0.3 is 18.1 Å². The van der Waals surface area contributed by atoms with Crippen molar-refractivity contribution in [1.82, 2.24) is 18.1 Å². The van der Waals surface area contributed by atoms with E-state index in [0.717, 1.165) is 0 Å². The standard InChI is InChI=1S/C66H42B2N4/c1-35-27-29-37(3)45(31-35)47-33-49-39-17-13-19-43-61(39)71(67-51-21-7-11-25-55(51)69-53-23-9-5-15-41(53)57(47)65(69)59(49)67)64-44-20-14-18-40-50-34-48(46-32-36(2)28-30-38(46)4)58-42-16-6-10-24-54(42)70-56-26-12-8-22-52(56)68(60(50)66(58)70)72(62(40)44)63(43)64/h5-34H,1-4H3. The lowest BCUT2D eigenvalue weighted by Gasteiger charge is -2.34. The molecule has 4 nitrogen and oxygen atoms in total. The largest absolute Gasteiger partial charge is 0.374 e. The van der Waals surface area contributed by atoms with Crippen LogP contribution in [0, 0.1) is 27.7 Å². The first-order valence-electron chi connectivity index (χ1n) is 25.6. The summed E-state index contributed by atoms with van der Waals surface area (Å²) in [7, 11) is 0. The minimum absolute atomic E-state index is 0.0623. The number of hydrogen-bond donors (Lipinski definition) is 0. The number of nitrogens with zero attached hydrogens (tertiary/aromatic N) is 4. The Morgan fingerprint density at radius 1 is 0.306 bits per heavy atom. The quantitative estimate of drug-likeness (QED) is 0.154. The minimum atomic E-state index is -0.0623. The zero-order valence-electron chi connectivity index (χ0n) is 40.3.